The van der Waals surface area contributed by atoms with Crippen LogP contribution in [0.2, 0.25) is 0 Å². The zero-order chi connectivity index (χ0) is 11.5. The van der Waals surface area contributed by atoms with Gasteiger partial charge in [0.05, 0.1) is 11.2 Å². The Morgan fingerprint density at radius 2 is 2.06 bits per heavy atom. The van der Waals surface area contributed by atoms with E-state index in [1.54, 1.807) is 11.3 Å². The minimum absolute atomic E-state index is 0.841. The molecule has 0 radical (unpaired) electrons. The van der Waals surface area contributed by atoms with Gasteiger partial charge in [0.1, 0.15) is 0 Å². The standard InChI is InChI=1S/C13H12N2S2/c1-2-4-13-12(3-1)10(7-17-13)5-14-6-11-8-16-9-15-11/h1-4,7-9,14H,5-6H2. The molecule has 0 bridgehead atoms. The van der Waals surface area contributed by atoms with Gasteiger partial charge in [-0.15, -0.1) is 22.7 Å². The van der Waals surface area contributed by atoms with Crippen molar-refractivity contribution >= 4 is 32.8 Å². The van der Waals surface area contributed by atoms with E-state index >= 15 is 0 Å². The van der Waals surface area contributed by atoms with Crippen LogP contribution in [0.25, 0.3) is 10.1 Å². The summed E-state index contributed by atoms with van der Waals surface area (Å²) in [5.41, 5.74) is 4.37. The minimum Gasteiger partial charge on any atom is -0.307 e. The van der Waals surface area contributed by atoms with Crippen LogP contribution in [0.5, 0.6) is 0 Å². The van der Waals surface area contributed by atoms with Crippen molar-refractivity contribution < 1.29 is 0 Å². The lowest BCUT2D eigenvalue weighted by molar-refractivity contribution is 0.687. The predicted molar refractivity (Wildman–Crippen MR) is 74.5 cm³/mol. The van der Waals surface area contributed by atoms with E-state index in [4.69, 9.17) is 0 Å². The number of hydrogen-bond acceptors (Lipinski definition) is 4. The van der Waals surface area contributed by atoms with Crippen LogP contribution in [0.4, 0.5) is 0 Å². The molecule has 0 aliphatic heterocycles. The first-order valence-corrected chi connectivity index (χ1v) is 7.28. The molecule has 0 saturated heterocycles. The van der Waals surface area contributed by atoms with Crippen LogP contribution in [0.1, 0.15) is 11.3 Å². The molecule has 0 fully saturated rings. The topological polar surface area (TPSA) is 24.9 Å². The van der Waals surface area contributed by atoms with E-state index in [1.807, 2.05) is 16.8 Å². The Morgan fingerprint density at radius 3 is 2.94 bits per heavy atom. The summed E-state index contributed by atoms with van der Waals surface area (Å²) in [4.78, 5) is 4.26. The first-order chi connectivity index (χ1) is 8.43. The van der Waals surface area contributed by atoms with Crippen molar-refractivity contribution in [2.75, 3.05) is 0 Å². The molecule has 17 heavy (non-hydrogen) atoms. The number of benzene rings is 1. The van der Waals surface area contributed by atoms with Gasteiger partial charge in [0.25, 0.3) is 0 Å². The van der Waals surface area contributed by atoms with Crippen LogP contribution in [0.15, 0.2) is 40.5 Å². The summed E-state index contributed by atoms with van der Waals surface area (Å²) in [6.07, 6.45) is 0. The van der Waals surface area contributed by atoms with Gasteiger partial charge in [0.2, 0.25) is 0 Å². The summed E-state index contributed by atoms with van der Waals surface area (Å²) in [7, 11) is 0. The SMILES string of the molecule is c1ccc2c(CNCc3cscn3)csc2c1. The van der Waals surface area contributed by atoms with Gasteiger partial charge in [-0.25, -0.2) is 4.98 Å². The molecule has 0 saturated carbocycles. The van der Waals surface area contributed by atoms with Crippen molar-refractivity contribution in [3.63, 3.8) is 0 Å². The molecule has 0 amide bonds. The number of aromatic nitrogens is 1. The Kier molecular flexibility index (Phi) is 3.18. The quantitative estimate of drug-likeness (QED) is 0.774. The van der Waals surface area contributed by atoms with Crippen molar-refractivity contribution in [3.8, 4) is 0 Å². The summed E-state index contributed by atoms with van der Waals surface area (Å²) < 4.78 is 1.36. The monoisotopic (exact) mass is 260 g/mol. The third-order valence-corrected chi connectivity index (χ3v) is 4.31. The van der Waals surface area contributed by atoms with Crippen molar-refractivity contribution in [1.29, 1.82) is 0 Å². The molecule has 4 heteroatoms. The lowest BCUT2D eigenvalue weighted by Crippen LogP contribution is -2.12. The number of thiophene rings is 1. The fourth-order valence-corrected chi connectivity index (χ4v) is 3.34. The normalized spacial score (nSPS) is 11.1. The van der Waals surface area contributed by atoms with Gasteiger partial charge in [0, 0.05) is 23.2 Å². The number of rotatable bonds is 4. The zero-order valence-corrected chi connectivity index (χ0v) is 10.9. The number of fused-ring (bicyclic) bond motifs is 1. The van der Waals surface area contributed by atoms with Gasteiger partial charge in [-0.3, -0.25) is 0 Å². The van der Waals surface area contributed by atoms with Gasteiger partial charge in [-0.2, -0.15) is 0 Å². The molecule has 3 aromatic rings. The number of thiazole rings is 1. The van der Waals surface area contributed by atoms with E-state index in [2.05, 4.69) is 45.3 Å². The van der Waals surface area contributed by atoms with Crippen LogP contribution in [0, 0.1) is 0 Å². The van der Waals surface area contributed by atoms with E-state index in [0.717, 1.165) is 18.8 Å². The second-order valence-electron chi connectivity index (χ2n) is 3.84. The Hall–Kier alpha value is -1.23. The van der Waals surface area contributed by atoms with Crippen molar-refractivity contribution in [1.82, 2.24) is 10.3 Å². The summed E-state index contributed by atoms with van der Waals surface area (Å²) in [6, 6.07) is 8.54. The highest BCUT2D eigenvalue weighted by Crippen LogP contribution is 2.25. The number of hydrogen-bond donors (Lipinski definition) is 1. The molecule has 2 aromatic heterocycles. The van der Waals surface area contributed by atoms with Crippen LogP contribution >= 0.6 is 22.7 Å². The fourth-order valence-electron chi connectivity index (χ4n) is 1.82. The molecule has 0 aliphatic carbocycles. The molecule has 2 nitrogen and oxygen atoms in total. The van der Waals surface area contributed by atoms with Crippen LogP contribution in [-0.4, -0.2) is 4.98 Å². The molecule has 1 N–H and O–H groups in total. The molecule has 0 aliphatic rings. The van der Waals surface area contributed by atoms with E-state index in [1.165, 1.54) is 15.6 Å². The van der Waals surface area contributed by atoms with E-state index in [-0.39, 0.29) is 0 Å². The first-order valence-electron chi connectivity index (χ1n) is 5.46. The van der Waals surface area contributed by atoms with Crippen LogP contribution in [-0.2, 0) is 13.1 Å². The van der Waals surface area contributed by atoms with Crippen molar-refractivity contribution in [2.24, 2.45) is 0 Å². The molecule has 2 heterocycles. The molecule has 0 unspecified atom stereocenters. The average molecular weight is 260 g/mol. The first kappa shape index (κ1) is 10.9. The van der Waals surface area contributed by atoms with E-state index in [0.29, 0.717) is 0 Å². The smallest absolute Gasteiger partial charge is 0.0795 e. The molecule has 1 aromatic carbocycles. The summed E-state index contributed by atoms with van der Waals surface area (Å²) in [6.45, 7) is 1.75. The Bertz CT molecular complexity index is 599. The Labute approximate surface area is 108 Å². The third kappa shape index (κ3) is 2.39. The van der Waals surface area contributed by atoms with Crippen LogP contribution in [0.3, 0.4) is 0 Å². The van der Waals surface area contributed by atoms with Crippen LogP contribution < -0.4 is 5.32 Å². The summed E-state index contributed by atoms with van der Waals surface area (Å²) >= 11 is 3.45. The molecule has 0 atom stereocenters. The summed E-state index contributed by atoms with van der Waals surface area (Å²) in [5.74, 6) is 0. The van der Waals surface area contributed by atoms with Gasteiger partial charge in [-0.1, -0.05) is 18.2 Å². The maximum absolute atomic E-state index is 4.26. The second kappa shape index (κ2) is 4.96. The Balaban J connectivity index is 1.69. The predicted octanol–water partition coefficient (Wildman–Crippen LogP) is 3.65. The highest BCUT2D eigenvalue weighted by atomic mass is 32.1. The van der Waals surface area contributed by atoms with E-state index < -0.39 is 0 Å². The van der Waals surface area contributed by atoms with Crippen molar-refractivity contribution in [3.05, 3.63) is 51.8 Å². The molecule has 3 rings (SSSR count). The van der Waals surface area contributed by atoms with Gasteiger partial charge >= 0.3 is 0 Å². The minimum atomic E-state index is 0.841. The highest BCUT2D eigenvalue weighted by Gasteiger charge is 2.02. The maximum atomic E-state index is 4.26. The second-order valence-corrected chi connectivity index (χ2v) is 5.47. The van der Waals surface area contributed by atoms with Crippen molar-refractivity contribution in [2.45, 2.75) is 13.1 Å². The largest absolute Gasteiger partial charge is 0.307 e. The summed E-state index contributed by atoms with van der Waals surface area (Å²) in [5, 5.41) is 9.11. The molecular weight excluding hydrogens is 248 g/mol. The van der Waals surface area contributed by atoms with Gasteiger partial charge in [0.15, 0.2) is 0 Å². The van der Waals surface area contributed by atoms with Gasteiger partial charge in [-0.05, 0) is 22.4 Å². The molecule has 86 valence electrons. The highest BCUT2D eigenvalue weighted by molar-refractivity contribution is 7.17. The lowest BCUT2D eigenvalue weighted by atomic mass is 10.2. The average Bonchev–Trinajstić information content (AvgIpc) is 2.99. The lowest BCUT2D eigenvalue weighted by Gasteiger charge is -2.01. The number of nitrogens with zero attached hydrogens (tertiary/aromatic N) is 1. The maximum Gasteiger partial charge on any atom is 0.0795 e. The zero-order valence-electron chi connectivity index (χ0n) is 9.22. The third-order valence-electron chi connectivity index (χ3n) is 2.67. The fraction of sp³-hybridized carbons (Fsp3) is 0.154. The molecule has 0 spiro atoms. The van der Waals surface area contributed by atoms with Gasteiger partial charge < -0.3 is 5.32 Å². The molecular formula is C13H12N2S2. The number of nitrogens with one attached hydrogen (secondary N) is 1. The van der Waals surface area contributed by atoms with E-state index in [9.17, 15) is 0 Å². The Morgan fingerprint density at radius 1 is 1.12 bits per heavy atom.